The van der Waals surface area contributed by atoms with Gasteiger partial charge in [-0.3, -0.25) is 0 Å². The Morgan fingerprint density at radius 2 is 2.31 bits per heavy atom. The first-order valence-electron chi connectivity index (χ1n) is 6.11. The number of hydrogen-bond donors (Lipinski definition) is 1. The topological polar surface area (TPSA) is 55.0 Å². The number of nitrogens with zero attached hydrogens (tertiary/aromatic N) is 3. The maximum absolute atomic E-state index is 5.90. The van der Waals surface area contributed by atoms with Crippen molar-refractivity contribution in [3.63, 3.8) is 0 Å². The van der Waals surface area contributed by atoms with Crippen molar-refractivity contribution < 1.29 is 0 Å². The molecule has 1 aromatic rings. The van der Waals surface area contributed by atoms with E-state index in [0.29, 0.717) is 5.69 Å². The molecular formula is C12H20N4. The van der Waals surface area contributed by atoms with Gasteiger partial charge < -0.3 is 10.6 Å². The van der Waals surface area contributed by atoms with E-state index in [1.165, 1.54) is 25.7 Å². The zero-order valence-electron chi connectivity index (χ0n) is 9.89. The van der Waals surface area contributed by atoms with Gasteiger partial charge in [-0.25, -0.2) is 9.97 Å². The summed E-state index contributed by atoms with van der Waals surface area (Å²) in [6.07, 6.45) is 8.37. The third-order valence-corrected chi connectivity index (χ3v) is 3.44. The Balaban J connectivity index is 2.08. The third kappa shape index (κ3) is 2.43. The van der Waals surface area contributed by atoms with Gasteiger partial charge in [-0.1, -0.05) is 13.3 Å². The van der Waals surface area contributed by atoms with Crippen LogP contribution in [0.25, 0.3) is 0 Å². The van der Waals surface area contributed by atoms with Crippen molar-refractivity contribution >= 4 is 11.5 Å². The van der Waals surface area contributed by atoms with E-state index in [9.17, 15) is 0 Å². The summed E-state index contributed by atoms with van der Waals surface area (Å²) in [6, 6.07) is 0. The van der Waals surface area contributed by atoms with Gasteiger partial charge in [0, 0.05) is 13.1 Å². The molecule has 16 heavy (non-hydrogen) atoms. The second-order valence-electron chi connectivity index (χ2n) is 4.49. The first kappa shape index (κ1) is 11.2. The van der Waals surface area contributed by atoms with Gasteiger partial charge in [-0.2, -0.15) is 0 Å². The summed E-state index contributed by atoms with van der Waals surface area (Å²) in [5, 5.41) is 0. The molecular weight excluding hydrogens is 200 g/mol. The van der Waals surface area contributed by atoms with Crippen LogP contribution in [0.2, 0.25) is 0 Å². The fourth-order valence-corrected chi connectivity index (χ4v) is 2.38. The SMILES string of the molecule is CCC1CCCN(c2ncncc2N)CC1. The molecule has 1 aliphatic rings. The van der Waals surface area contributed by atoms with Crippen LogP contribution in [0.5, 0.6) is 0 Å². The van der Waals surface area contributed by atoms with E-state index < -0.39 is 0 Å². The molecule has 1 aliphatic heterocycles. The molecule has 0 aliphatic carbocycles. The van der Waals surface area contributed by atoms with E-state index >= 15 is 0 Å². The number of anilines is 2. The van der Waals surface area contributed by atoms with Crippen LogP contribution >= 0.6 is 0 Å². The lowest BCUT2D eigenvalue weighted by Gasteiger charge is -2.22. The lowest BCUT2D eigenvalue weighted by atomic mass is 9.98. The Morgan fingerprint density at radius 1 is 1.44 bits per heavy atom. The van der Waals surface area contributed by atoms with Crippen molar-refractivity contribution in [3.05, 3.63) is 12.5 Å². The van der Waals surface area contributed by atoms with Crippen LogP contribution in [0.3, 0.4) is 0 Å². The van der Waals surface area contributed by atoms with Crippen molar-refractivity contribution in [2.24, 2.45) is 5.92 Å². The monoisotopic (exact) mass is 220 g/mol. The van der Waals surface area contributed by atoms with Crippen molar-refractivity contribution in [1.82, 2.24) is 9.97 Å². The van der Waals surface area contributed by atoms with E-state index in [0.717, 1.165) is 24.8 Å². The van der Waals surface area contributed by atoms with Gasteiger partial charge in [0.05, 0.1) is 11.9 Å². The van der Waals surface area contributed by atoms with E-state index in [1.54, 1.807) is 12.5 Å². The first-order chi connectivity index (χ1) is 7.81. The molecule has 4 nitrogen and oxygen atoms in total. The average Bonchev–Trinajstić information content (AvgIpc) is 2.55. The highest BCUT2D eigenvalue weighted by atomic mass is 15.2. The Kier molecular flexibility index (Phi) is 3.59. The summed E-state index contributed by atoms with van der Waals surface area (Å²) >= 11 is 0. The average molecular weight is 220 g/mol. The highest BCUT2D eigenvalue weighted by molar-refractivity contribution is 5.60. The number of hydrogen-bond acceptors (Lipinski definition) is 4. The normalized spacial score (nSPS) is 21.8. The standard InChI is InChI=1S/C12H20N4/c1-2-10-4-3-6-16(7-5-10)12-11(13)8-14-9-15-12/h8-10H,2-7,13H2,1H3. The minimum absolute atomic E-state index is 0.692. The zero-order valence-corrected chi connectivity index (χ0v) is 9.89. The summed E-state index contributed by atoms with van der Waals surface area (Å²) in [6.45, 7) is 4.41. The molecule has 2 N–H and O–H groups in total. The van der Waals surface area contributed by atoms with Crippen LogP contribution in [0, 0.1) is 5.92 Å². The Hall–Kier alpha value is -1.32. The minimum atomic E-state index is 0.692. The Labute approximate surface area is 96.9 Å². The van der Waals surface area contributed by atoms with Crippen molar-refractivity contribution in [1.29, 1.82) is 0 Å². The maximum atomic E-state index is 5.90. The second kappa shape index (κ2) is 5.14. The van der Waals surface area contributed by atoms with Crippen LogP contribution in [-0.4, -0.2) is 23.1 Å². The lowest BCUT2D eigenvalue weighted by Crippen LogP contribution is -2.26. The molecule has 0 saturated carbocycles. The van der Waals surface area contributed by atoms with Crippen molar-refractivity contribution in [3.8, 4) is 0 Å². The lowest BCUT2D eigenvalue weighted by molar-refractivity contribution is 0.459. The van der Waals surface area contributed by atoms with Gasteiger partial charge in [0.1, 0.15) is 6.33 Å². The summed E-state index contributed by atoms with van der Waals surface area (Å²) in [4.78, 5) is 10.5. The molecule has 0 amide bonds. The molecule has 0 aromatic carbocycles. The predicted molar refractivity (Wildman–Crippen MR) is 66.3 cm³/mol. The molecule has 1 aromatic heterocycles. The van der Waals surface area contributed by atoms with Gasteiger partial charge >= 0.3 is 0 Å². The molecule has 2 rings (SSSR count). The molecule has 4 heteroatoms. The Morgan fingerprint density at radius 3 is 3.06 bits per heavy atom. The molecule has 2 heterocycles. The molecule has 0 radical (unpaired) electrons. The van der Waals surface area contributed by atoms with Crippen molar-refractivity contribution in [2.45, 2.75) is 32.6 Å². The second-order valence-corrected chi connectivity index (χ2v) is 4.49. The molecule has 1 fully saturated rings. The Bertz CT molecular complexity index is 340. The van der Waals surface area contributed by atoms with Crippen LogP contribution in [-0.2, 0) is 0 Å². The maximum Gasteiger partial charge on any atom is 0.155 e. The van der Waals surface area contributed by atoms with E-state index in [1.807, 2.05) is 0 Å². The first-order valence-corrected chi connectivity index (χ1v) is 6.11. The number of aromatic nitrogens is 2. The van der Waals surface area contributed by atoms with Gasteiger partial charge in [-0.05, 0) is 25.2 Å². The highest BCUT2D eigenvalue weighted by Gasteiger charge is 2.18. The summed E-state index contributed by atoms with van der Waals surface area (Å²) < 4.78 is 0. The van der Waals surface area contributed by atoms with Gasteiger partial charge in [0.2, 0.25) is 0 Å². The fraction of sp³-hybridized carbons (Fsp3) is 0.667. The predicted octanol–water partition coefficient (Wildman–Crippen LogP) is 2.08. The van der Waals surface area contributed by atoms with E-state index in [4.69, 9.17) is 5.73 Å². The minimum Gasteiger partial charge on any atom is -0.394 e. The van der Waals surface area contributed by atoms with E-state index in [2.05, 4.69) is 21.8 Å². The molecule has 88 valence electrons. The molecule has 1 saturated heterocycles. The number of nitrogens with two attached hydrogens (primary N) is 1. The smallest absolute Gasteiger partial charge is 0.155 e. The highest BCUT2D eigenvalue weighted by Crippen LogP contribution is 2.25. The van der Waals surface area contributed by atoms with Crippen LogP contribution in [0.4, 0.5) is 11.5 Å². The summed E-state index contributed by atoms with van der Waals surface area (Å²) in [5.74, 6) is 1.78. The fourth-order valence-electron chi connectivity index (χ4n) is 2.38. The number of rotatable bonds is 2. The largest absolute Gasteiger partial charge is 0.394 e. The number of nitrogen functional groups attached to an aromatic ring is 1. The van der Waals surface area contributed by atoms with Crippen molar-refractivity contribution in [2.75, 3.05) is 23.7 Å². The van der Waals surface area contributed by atoms with Gasteiger partial charge in [0.25, 0.3) is 0 Å². The molecule has 0 spiro atoms. The molecule has 1 atom stereocenters. The van der Waals surface area contributed by atoms with Crippen LogP contribution < -0.4 is 10.6 Å². The molecule has 0 bridgehead atoms. The van der Waals surface area contributed by atoms with E-state index in [-0.39, 0.29) is 0 Å². The van der Waals surface area contributed by atoms with Gasteiger partial charge in [0.15, 0.2) is 5.82 Å². The molecule has 1 unspecified atom stereocenters. The van der Waals surface area contributed by atoms with Crippen LogP contribution in [0.1, 0.15) is 32.6 Å². The summed E-state index contributed by atoms with van der Waals surface area (Å²) in [5.41, 5.74) is 6.59. The third-order valence-electron chi connectivity index (χ3n) is 3.44. The van der Waals surface area contributed by atoms with Gasteiger partial charge in [-0.15, -0.1) is 0 Å². The summed E-state index contributed by atoms with van der Waals surface area (Å²) in [7, 11) is 0. The quantitative estimate of drug-likeness (QED) is 0.829. The zero-order chi connectivity index (χ0) is 11.4. The van der Waals surface area contributed by atoms with Crippen LogP contribution in [0.15, 0.2) is 12.5 Å².